The molecule has 0 bridgehead atoms. The van der Waals surface area contributed by atoms with E-state index >= 15 is 0 Å². The second-order valence-corrected chi connectivity index (χ2v) is 12.7. The number of aromatic hydroxyl groups is 1. The Balaban J connectivity index is 1.59. The summed E-state index contributed by atoms with van der Waals surface area (Å²) in [6, 6.07) is 7.77. The zero-order valence-electron chi connectivity index (χ0n) is 23.1. The number of carboxylic acids is 1. The largest absolute Gasteiger partial charge is 0.505 e. The summed E-state index contributed by atoms with van der Waals surface area (Å²) in [5.41, 5.74) is 1.45. The van der Waals surface area contributed by atoms with Crippen LogP contribution in [0, 0.1) is 0 Å². The van der Waals surface area contributed by atoms with Crippen LogP contribution in [0.5, 0.6) is 11.5 Å². The van der Waals surface area contributed by atoms with Gasteiger partial charge in [-0.25, -0.2) is 4.79 Å². The minimum atomic E-state index is -1.17. The van der Waals surface area contributed by atoms with E-state index < -0.39 is 5.97 Å². The molecule has 0 spiro atoms. The molecule has 14 heteroatoms. The summed E-state index contributed by atoms with van der Waals surface area (Å²) in [7, 11) is 0. The maximum atomic E-state index is 12.7. The average molecular weight is 863 g/mol. The van der Waals surface area contributed by atoms with E-state index in [2.05, 4.69) is 75.6 Å². The highest BCUT2D eigenvalue weighted by Crippen LogP contribution is 2.49. The lowest BCUT2D eigenvalue weighted by atomic mass is 9.90. The molecule has 1 aliphatic heterocycles. The van der Waals surface area contributed by atoms with E-state index in [1.165, 1.54) is 6.07 Å². The van der Waals surface area contributed by atoms with Gasteiger partial charge in [-0.15, -0.1) is 0 Å². The molecule has 3 N–H and O–H groups in total. The minimum absolute atomic E-state index is 0.0160. The molecule has 0 fully saturated rings. The Morgan fingerprint density at radius 1 is 0.932 bits per heavy atom. The molecule has 1 amide bonds. The minimum Gasteiger partial charge on any atom is -0.505 e. The zero-order chi connectivity index (χ0) is 32.1. The summed E-state index contributed by atoms with van der Waals surface area (Å²) < 4.78 is 23.9. The van der Waals surface area contributed by atoms with Crippen molar-refractivity contribution < 1.29 is 38.4 Å². The number of rotatable bonds is 13. The predicted molar refractivity (Wildman–Crippen MR) is 179 cm³/mol. The highest BCUT2D eigenvalue weighted by Gasteiger charge is 2.28. The van der Waals surface area contributed by atoms with Crippen molar-refractivity contribution in [3.05, 3.63) is 76.2 Å². The summed E-state index contributed by atoms with van der Waals surface area (Å²) in [5, 5.41) is 23.8. The number of amides is 1. The number of phenolic OH excluding ortho intramolecular Hbond substituents is 1. The van der Waals surface area contributed by atoms with Crippen molar-refractivity contribution in [2.24, 2.45) is 0 Å². The van der Waals surface area contributed by atoms with Crippen LogP contribution in [0.1, 0.15) is 17.3 Å². The molecule has 10 nitrogen and oxygen atoms in total. The first kappa shape index (κ1) is 34.1. The standard InChI is InChI=1S/C30H25Br4NO9/c1-14(2)29(38)35-5-6-41-7-8-42-9-10-43-15-3-4-16(30(39)40)17(11-15)22-18-12-20(31)25(36)23(33)27(18)44-28-19(22)13-21(32)26(37)24(28)34/h3-4,11-13,36H,1,5-10H2,2H3,(H,35,38)(H,39,40). The van der Waals surface area contributed by atoms with Gasteiger partial charge in [-0.2, -0.15) is 0 Å². The Hall–Kier alpha value is -2.75. The van der Waals surface area contributed by atoms with Crippen LogP contribution in [0.2, 0.25) is 0 Å². The highest BCUT2D eigenvalue weighted by atomic mass is 79.9. The van der Waals surface area contributed by atoms with Gasteiger partial charge >= 0.3 is 5.97 Å². The maximum Gasteiger partial charge on any atom is 0.336 e. The summed E-state index contributed by atoms with van der Waals surface area (Å²) in [4.78, 5) is 36.6. The average Bonchev–Trinajstić information content (AvgIpc) is 2.98. The molecule has 2 aliphatic rings. The molecule has 0 radical (unpaired) electrons. The summed E-state index contributed by atoms with van der Waals surface area (Å²) in [6.45, 7) is 6.96. The number of ether oxygens (including phenoxy) is 3. The number of nitrogens with one attached hydrogen (secondary N) is 1. The molecular formula is C30H25Br4NO9. The monoisotopic (exact) mass is 859 g/mol. The molecule has 232 valence electrons. The second-order valence-electron chi connectivity index (χ2n) is 9.37. The van der Waals surface area contributed by atoms with Crippen molar-refractivity contribution in [1.29, 1.82) is 0 Å². The SMILES string of the molecule is C=C(C)C(=O)NCCOCCOCCOc1ccc(C(=O)O)c(-c2c3cc(Br)c(=O)c(Br)c-3oc3c(Br)c(O)c(Br)cc23)c1. The van der Waals surface area contributed by atoms with Gasteiger partial charge in [-0.05, 0) is 101 Å². The lowest BCUT2D eigenvalue weighted by Crippen LogP contribution is -2.27. The van der Waals surface area contributed by atoms with Crippen LogP contribution in [-0.4, -0.2) is 61.7 Å². The molecular weight excluding hydrogens is 838 g/mol. The first-order chi connectivity index (χ1) is 20.9. The third-order valence-corrected chi connectivity index (χ3v) is 8.95. The van der Waals surface area contributed by atoms with Gasteiger partial charge in [-0.3, -0.25) is 9.59 Å². The molecule has 0 saturated heterocycles. The van der Waals surface area contributed by atoms with Crippen LogP contribution < -0.4 is 15.5 Å². The number of carbonyl (C=O) groups excluding carboxylic acids is 1. The van der Waals surface area contributed by atoms with Gasteiger partial charge in [0.2, 0.25) is 11.3 Å². The topological polar surface area (TPSA) is 145 Å². The van der Waals surface area contributed by atoms with Gasteiger partial charge in [0.05, 0.1) is 40.9 Å². The van der Waals surface area contributed by atoms with E-state index in [9.17, 15) is 24.6 Å². The summed E-state index contributed by atoms with van der Waals surface area (Å²) >= 11 is 13.3. The van der Waals surface area contributed by atoms with E-state index in [1.807, 2.05) is 0 Å². The molecule has 1 aliphatic carbocycles. The van der Waals surface area contributed by atoms with Crippen LogP contribution in [0.4, 0.5) is 0 Å². The number of hydrogen-bond donors (Lipinski definition) is 3. The third kappa shape index (κ3) is 7.54. The fourth-order valence-corrected chi connectivity index (χ4v) is 6.62. The van der Waals surface area contributed by atoms with Gasteiger partial charge in [0, 0.05) is 34.2 Å². The number of carboxylic acid groups (broad SMARTS) is 1. The van der Waals surface area contributed by atoms with Crippen molar-refractivity contribution in [2.45, 2.75) is 6.92 Å². The molecule has 0 unspecified atom stereocenters. The smallest absolute Gasteiger partial charge is 0.336 e. The predicted octanol–water partition coefficient (Wildman–Crippen LogP) is 7.12. The van der Waals surface area contributed by atoms with Crippen LogP contribution in [0.3, 0.4) is 0 Å². The van der Waals surface area contributed by atoms with E-state index in [4.69, 9.17) is 18.6 Å². The molecule has 4 rings (SSSR count). The first-order valence-electron chi connectivity index (χ1n) is 13.0. The van der Waals surface area contributed by atoms with Crippen molar-refractivity contribution in [2.75, 3.05) is 39.6 Å². The Morgan fingerprint density at radius 2 is 1.61 bits per heavy atom. The maximum absolute atomic E-state index is 12.7. The number of halogens is 4. The summed E-state index contributed by atoms with van der Waals surface area (Å²) in [6.07, 6.45) is 0. The number of phenols is 1. The molecule has 0 saturated carbocycles. The molecule has 0 atom stereocenters. The molecule has 2 aromatic carbocycles. The number of fused-ring (bicyclic) bond motifs is 2. The quantitative estimate of drug-likeness (QED) is 0.0727. The van der Waals surface area contributed by atoms with E-state index in [0.717, 1.165) is 0 Å². The first-order valence-corrected chi connectivity index (χ1v) is 16.1. The van der Waals surface area contributed by atoms with E-state index in [-0.39, 0.29) is 60.6 Å². The fraction of sp³-hybridized carbons (Fsp3) is 0.233. The van der Waals surface area contributed by atoms with Gasteiger partial charge in [-0.1, -0.05) is 6.58 Å². The van der Waals surface area contributed by atoms with Crippen LogP contribution in [0.15, 0.2) is 69.6 Å². The number of carbonyl (C=O) groups is 2. The van der Waals surface area contributed by atoms with Gasteiger partial charge in [0.25, 0.3) is 0 Å². The number of aromatic carboxylic acids is 1. The highest BCUT2D eigenvalue weighted by molar-refractivity contribution is 9.11. The van der Waals surface area contributed by atoms with Crippen LogP contribution in [-0.2, 0) is 14.3 Å². The van der Waals surface area contributed by atoms with E-state index in [1.54, 1.807) is 31.2 Å². The molecule has 44 heavy (non-hydrogen) atoms. The lowest BCUT2D eigenvalue weighted by Gasteiger charge is -2.20. The normalized spacial score (nSPS) is 11.2. The van der Waals surface area contributed by atoms with Crippen molar-refractivity contribution in [3.63, 3.8) is 0 Å². The molecule has 1 heterocycles. The van der Waals surface area contributed by atoms with Gasteiger partial charge < -0.3 is 34.2 Å². The third-order valence-electron chi connectivity index (χ3n) is 6.30. The molecule has 2 aromatic rings. The van der Waals surface area contributed by atoms with Crippen molar-refractivity contribution in [1.82, 2.24) is 5.32 Å². The zero-order valence-corrected chi connectivity index (χ0v) is 29.4. The van der Waals surface area contributed by atoms with Gasteiger partial charge in [0.1, 0.15) is 27.1 Å². The van der Waals surface area contributed by atoms with Crippen LogP contribution in [0.25, 0.3) is 33.4 Å². The van der Waals surface area contributed by atoms with Crippen molar-refractivity contribution in [3.8, 4) is 33.9 Å². The Labute approximate surface area is 285 Å². The Bertz CT molecular complexity index is 1790. The number of benzene rings is 3. The second kappa shape index (κ2) is 15.0. The van der Waals surface area contributed by atoms with Gasteiger partial charge in [0.15, 0.2) is 11.3 Å². The lowest BCUT2D eigenvalue weighted by molar-refractivity contribution is -0.117. The van der Waals surface area contributed by atoms with Crippen LogP contribution >= 0.6 is 63.7 Å². The van der Waals surface area contributed by atoms with E-state index in [0.29, 0.717) is 64.2 Å². The molecule has 0 aromatic heterocycles. The summed E-state index contributed by atoms with van der Waals surface area (Å²) in [5.74, 6) is -0.970. The van der Waals surface area contributed by atoms with Crippen molar-refractivity contribution >= 4 is 86.6 Å². The Morgan fingerprint density at radius 3 is 2.30 bits per heavy atom. The Kier molecular flexibility index (Phi) is 11.7. The number of hydrogen-bond acceptors (Lipinski definition) is 8. The fourth-order valence-electron chi connectivity index (χ4n) is 4.22.